The number of hydrogen-bond acceptors (Lipinski definition) is 1. The molecule has 0 bridgehead atoms. The summed E-state index contributed by atoms with van der Waals surface area (Å²) in [7, 11) is 0. The third-order valence-electron chi connectivity index (χ3n) is 3.70. The van der Waals surface area contributed by atoms with Crippen molar-refractivity contribution in [2.45, 2.75) is 18.9 Å². The molecular weight excluding hydrogens is 410 g/mol. The second-order valence-electron chi connectivity index (χ2n) is 4.73. The van der Waals surface area contributed by atoms with Crippen LogP contribution in [0.15, 0.2) is 37.7 Å². The number of allylic oxidation sites excluding steroid dienone is 1. The first-order valence-corrected chi connectivity index (χ1v) is 8.11. The van der Waals surface area contributed by atoms with Gasteiger partial charge in [0.15, 0.2) is 0 Å². The summed E-state index contributed by atoms with van der Waals surface area (Å²) < 4.78 is 3.28. The van der Waals surface area contributed by atoms with E-state index >= 15 is 0 Å². The molecule has 3 rings (SSSR count). The highest BCUT2D eigenvalue weighted by molar-refractivity contribution is 9.11. The molecule has 0 saturated heterocycles. The smallest absolute Gasteiger partial charge is 0.0632 e. The maximum Gasteiger partial charge on any atom is 0.0632 e. The molecule has 0 amide bonds. The molecule has 0 aliphatic heterocycles. The standard InChI is InChI=1S/C13H12Br3N/c14-8-5-10(15)13(11(16)6-8)17-12-4-7-2-1-3-9(7)12/h1,3,5-7,9,12,17H,2,4H2. The number of anilines is 1. The average Bonchev–Trinajstić information content (AvgIpc) is 2.58. The van der Waals surface area contributed by atoms with E-state index in [-0.39, 0.29) is 0 Å². The zero-order chi connectivity index (χ0) is 12.0. The summed E-state index contributed by atoms with van der Waals surface area (Å²) >= 11 is 10.7. The molecule has 1 saturated carbocycles. The van der Waals surface area contributed by atoms with Crippen molar-refractivity contribution < 1.29 is 0 Å². The van der Waals surface area contributed by atoms with E-state index in [1.54, 1.807) is 0 Å². The molecule has 17 heavy (non-hydrogen) atoms. The van der Waals surface area contributed by atoms with Gasteiger partial charge in [-0.2, -0.15) is 0 Å². The molecule has 1 nitrogen and oxygen atoms in total. The van der Waals surface area contributed by atoms with Gasteiger partial charge in [0.1, 0.15) is 0 Å². The Morgan fingerprint density at radius 1 is 1.12 bits per heavy atom. The Hall–Kier alpha value is 0.200. The molecule has 90 valence electrons. The summed E-state index contributed by atoms with van der Waals surface area (Å²) in [6, 6.07) is 4.74. The number of benzene rings is 1. The lowest BCUT2D eigenvalue weighted by Gasteiger charge is -2.41. The molecular formula is C13H12Br3N. The lowest BCUT2D eigenvalue weighted by molar-refractivity contribution is 0.218. The normalized spacial score (nSPS) is 29.9. The number of nitrogens with one attached hydrogen (secondary N) is 1. The summed E-state index contributed by atoms with van der Waals surface area (Å²) in [5.41, 5.74) is 1.16. The van der Waals surface area contributed by atoms with Crippen LogP contribution in [0.25, 0.3) is 0 Å². The summed E-state index contributed by atoms with van der Waals surface area (Å²) in [4.78, 5) is 0. The number of hydrogen-bond donors (Lipinski definition) is 1. The number of fused-ring (bicyclic) bond motifs is 1. The highest BCUT2D eigenvalue weighted by atomic mass is 79.9. The van der Waals surface area contributed by atoms with Crippen LogP contribution in [-0.2, 0) is 0 Å². The van der Waals surface area contributed by atoms with Crippen LogP contribution in [0.1, 0.15) is 12.8 Å². The van der Waals surface area contributed by atoms with Crippen molar-refractivity contribution in [3.8, 4) is 0 Å². The molecule has 0 radical (unpaired) electrons. The Balaban J connectivity index is 1.79. The first-order valence-electron chi connectivity index (χ1n) is 5.73. The summed E-state index contributed by atoms with van der Waals surface area (Å²) in [5.74, 6) is 1.62. The SMILES string of the molecule is Brc1cc(Br)c(NC2CC3CC=CC32)c(Br)c1. The van der Waals surface area contributed by atoms with Gasteiger partial charge in [-0.15, -0.1) is 0 Å². The zero-order valence-corrected chi connectivity index (χ0v) is 13.8. The molecule has 3 atom stereocenters. The zero-order valence-electron chi connectivity index (χ0n) is 9.09. The van der Waals surface area contributed by atoms with Crippen LogP contribution in [-0.4, -0.2) is 6.04 Å². The fraction of sp³-hybridized carbons (Fsp3) is 0.385. The van der Waals surface area contributed by atoms with E-state index in [2.05, 4.69) is 77.4 Å². The van der Waals surface area contributed by atoms with Gasteiger partial charge in [0.25, 0.3) is 0 Å². The molecule has 2 aliphatic rings. The Morgan fingerprint density at radius 2 is 1.82 bits per heavy atom. The molecule has 2 aliphatic carbocycles. The molecule has 3 unspecified atom stereocenters. The van der Waals surface area contributed by atoms with Crippen molar-refractivity contribution in [3.63, 3.8) is 0 Å². The van der Waals surface area contributed by atoms with Crippen LogP contribution in [0.5, 0.6) is 0 Å². The lowest BCUT2D eigenvalue weighted by atomic mass is 9.71. The summed E-state index contributed by atoms with van der Waals surface area (Å²) in [6.07, 6.45) is 7.24. The lowest BCUT2D eigenvalue weighted by Crippen LogP contribution is -2.43. The maximum absolute atomic E-state index is 3.65. The van der Waals surface area contributed by atoms with Crippen molar-refractivity contribution in [2.24, 2.45) is 11.8 Å². The average molecular weight is 422 g/mol. The van der Waals surface area contributed by atoms with Crippen LogP contribution in [0.2, 0.25) is 0 Å². The van der Waals surface area contributed by atoms with Crippen molar-refractivity contribution in [1.82, 2.24) is 0 Å². The van der Waals surface area contributed by atoms with Crippen LogP contribution < -0.4 is 5.32 Å². The Morgan fingerprint density at radius 3 is 2.47 bits per heavy atom. The molecule has 0 aromatic heterocycles. The van der Waals surface area contributed by atoms with Gasteiger partial charge >= 0.3 is 0 Å². The highest BCUT2D eigenvalue weighted by Gasteiger charge is 2.41. The second kappa shape index (κ2) is 4.71. The Labute approximate surface area is 126 Å². The van der Waals surface area contributed by atoms with Gasteiger partial charge in [0, 0.05) is 25.4 Å². The van der Waals surface area contributed by atoms with Crippen LogP contribution in [0.3, 0.4) is 0 Å². The minimum absolute atomic E-state index is 0.590. The van der Waals surface area contributed by atoms with E-state index in [4.69, 9.17) is 0 Å². The monoisotopic (exact) mass is 419 g/mol. The number of rotatable bonds is 2. The number of halogens is 3. The van der Waals surface area contributed by atoms with Crippen molar-refractivity contribution in [1.29, 1.82) is 0 Å². The fourth-order valence-corrected chi connectivity index (χ4v) is 5.24. The predicted octanol–water partition coefficient (Wildman–Crippen LogP) is 5.35. The van der Waals surface area contributed by atoms with Crippen LogP contribution in [0.4, 0.5) is 5.69 Å². The van der Waals surface area contributed by atoms with E-state index in [0.29, 0.717) is 6.04 Å². The van der Waals surface area contributed by atoms with Gasteiger partial charge in [0.05, 0.1) is 5.69 Å². The quantitative estimate of drug-likeness (QED) is 0.634. The minimum Gasteiger partial charge on any atom is -0.380 e. The third-order valence-corrected chi connectivity index (χ3v) is 5.41. The van der Waals surface area contributed by atoms with Gasteiger partial charge in [0.2, 0.25) is 0 Å². The Kier molecular flexibility index (Phi) is 3.39. The van der Waals surface area contributed by atoms with Crippen molar-refractivity contribution in [3.05, 3.63) is 37.7 Å². The molecule has 4 heteroatoms. The summed E-state index contributed by atoms with van der Waals surface area (Å²) in [5, 5.41) is 3.65. The fourth-order valence-electron chi connectivity index (χ4n) is 2.75. The first kappa shape index (κ1) is 12.2. The van der Waals surface area contributed by atoms with E-state index in [0.717, 1.165) is 30.9 Å². The van der Waals surface area contributed by atoms with E-state index in [1.807, 2.05) is 0 Å². The largest absolute Gasteiger partial charge is 0.380 e. The molecule has 0 heterocycles. The van der Waals surface area contributed by atoms with Crippen molar-refractivity contribution >= 4 is 53.5 Å². The maximum atomic E-state index is 3.65. The van der Waals surface area contributed by atoms with Gasteiger partial charge in [-0.25, -0.2) is 0 Å². The molecule has 1 aromatic carbocycles. The Bertz CT molecular complexity index is 461. The van der Waals surface area contributed by atoms with Gasteiger partial charge in [-0.1, -0.05) is 28.1 Å². The van der Waals surface area contributed by atoms with Gasteiger partial charge in [-0.05, 0) is 62.8 Å². The molecule has 0 spiro atoms. The van der Waals surface area contributed by atoms with Crippen molar-refractivity contribution in [2.75, 3.05) is 5.32 Å². The highest BCUT2D eigenvalue weighted by Crippen LogP contribution is 2.45. The minimum atomic E-state index is 0.590. The van der Waals surface area contributed by atoms with Gasteiger partial charge in [-0.3, -0.25) is 0 Å². The van der Waals surface area contributed by atoms with Crippen LogP contribution >= 0.6 is 47.8 Å². The topological polar surface area (TPSA) is 12.0 Å². The molecule has 1 fully saturated rings. The molecule has 1 N–H and O–H groups in total. The molecule has 1 aromatic rings. The first-order chi connectivity index (χ1) is 8.15. The third kappa shape index (κ3) is 2.24. The van der Waals surface area contributed by atoms with E-state index in [9.17, 15) is 0 Å². The van der Waals surface area contributed by atoms with E-state index < -0.39 is 0 Å². The van der Waals surface area contributed by atoms with E-state index in [1.165, 1.54) is 12.8 Å². The van der Waals surface area contributed by atoms with Crippen LogP contribution in [0, 0.1) is 11.8 Å². The predicted molar refractivity (Wildman–Crippen MR) is 82.3 cm³/mol. The second-order valence-corrected chi connectivity index (χ2v) is 7.36. The van der Waals surface area contributed by atoms with Gasteiger partial charge < -0.3 is 5.32 Å². The summed E-state index contributed by atoms with van der Waals surface area (Å²) in [6.45, 7) is 0.